The van der Waals surface area contributed by atoms with Gasteiger partial charge in [-0.2, -0.15) is 10.4 Å². The summed E-state index contributed by atoms with van der Waals surface area (Å²) in [4.78, 5) is 4.23. The van der Waals surface area contributed by atoms with Gasteiger partial charge in [-0.3, -0.25) is 4.99 Å². The summed E-state index contributed by atoms with van der Waals surface area (Å²) < 4.78 is 1.62. The predicted octanol–water partition coefficient (Wildman–Crippen LogP) is 3.90. The average Bonchev–Trinajstić information content (AvgIpc) is 3.10. The highest BCUT2D eigenvalue weighted by atomic mass is 127. The minimum atomic E-state index is 0. The Morgan fingerprint density at radius 2 is 1.87 bits per heavy atom. The van der Waals surface area contributed by atoms with Gasteiger partial charge in [-0.25, -0.2) is 4.68 Å². The number of nitrogen functional groups attached to an aromatic ring is 1. The molecule has 0 amide bonds. The van der Waals surface area contributed by atoms with Crippen molar-refractivity contribution < 1.29 is 0 Å². The van der Waals surface area contributed by atoms with Gasteiger partial charge >= 0.3 is 0 Å². The maximum Gasteiger partial charge on any atom is 0.191 e. The molecule has 2 aromatic carbocycles. The topological polar surface area (TPSA) is 104 Å². The molecule has 4 N–H and O–H groups in total. The van der Waals surface area contributed by atoms with Crippen molar-refractivity contribution in [2.24, 2.45) is 4.99 Å². The number of benzene rings is 2. The van der Waals surface area contributed by atoms with Gasteiger partial charge in [0.25, 0.3) is 0 Å². The number of rotatable bonds is 7. The molecule has 0 saturated heterocycles. The van der Waals surface area contributed by atoms with Crippen LogP contribution in [0.1, 0.15) is 23.2 Å². The van der Waals surface area contributed by atoms with E-state index in [0.29, 0.717) is 42.5 Å². The Bertz CT molecular complexity index is 1060. The largest absolute Gasteiger partial charge is 0.382 e. The van der Waals surface area contributed by atoms with Crippen molar-refractivity contribution in [3.05, 3.63) is 76.4 Å². The van der Waals surface area contributed by atoms with E-state index in [1.54, 1.807) is 11.7 Å². The molecule has 9 heteroatoms. The van der Waals surface area contributed by atoms with Crippen LogP contribution in [-0.2, 0) is 13.0 Å². The summed E-state index contributed by atoms with van der Waals surface area (Å²) in [7, 11) is 1.72. The number of aryl methyl sites for hydroxylation is 1. The fourth-order valence-corrected chi connectivity index (χ4v) is 3.25. The molecule has 0 spiro atoms. The van der Waals surface area contributed by atoms with Crippen LogP contribution in [0.25, 0.3) is 5.69 Å². The zero-order valence-corrected chi connectivity index (χ0v) is 20.3. The molecule has 0 fully saturated rings. The molecule has 1 heterocycles. The zero-order valence-electron chi connectivity index (χ0n) is 17.2. The Labute approximate surface area is 204 Å². The van der Waals surface area contributed by atoms with Crippen LogP contribution in [0.4, 0.5) is 5.82 Å². The molecule has 0 atom stereocenters. The Balaban J connectivity index is 0.00000341. The van der Waals surface area contributed by atoms with Crippen LogP contribution in [0.3, 0.4) is 0 Å². The first-order valence-corrected chi connectivity index (χ1v) is 10.0. The standard InChI is InChI=1S/C22H24ClN7.HI/c1-26-22(28-15-16-8-5-6-11-19(16)23)27-13-7-12-20-18(14-24)21(25)30(29-20)17-9-3-2-4-10-17;/h2-6,8-11H,7,12-13,15,25H2,1H3,(H2,26,27,28);1H. The van der Waals surface area contributed by atoms with Gasteiger partial charge in [-0.1, -0.05) is 48.0 Å². The molecule has 0 saturated carbocycles. The van der Waals surface area contributed by atoms with Crippen LogP contribution in [-0.4, -0.2) is 29.3 Å². The molecule has 7 nitrogen and oxygen atoms in total. The van der Waals surface area contributed by atoms with E-state index in [1.807, 2.05) is 54.6 Å². The van der Waals surface area contributed by atoms with Crippen molar-refractivity contribution in [1.82, 2.24) is 20.4 Å². The highest BCUT2D eigenvalue weighted by Crippen LogP contribution is 2.21. The fraction of sp³-hybridized carbons (Fsp3) is 0.227. The minimum absolute atomic E-state index is 0. The highest BCUT2D eigenvalue weighted by molar-refractivity contribution is 14.0. The second kappa shape index (κ2) is 12.2. The van der Waals surface area contributed by atoms with Crippen LogP contribution in [0, 0.1) is 11.3 Å². The molecule has 1 aromatic heterocycles. The summed E-state index contributed by atoms with van der Waals surface area (Å²) in [6.45, 7) is 1.25. The number of aromatic nitrogens is 2. The second-order valence-electron chi connectivity index (χ2n) is 6.61. The summed E-state index contributed by atoms with van der Waals surface area (Å²) in [5.41, 5.74) is 9.11. The van der Waals surface area contributed by atoms with E-state index in [2.05, 4.69) is 26.8 Å². The lowest BCUT2D eigenvalue weighted by atomic mass is 10.1. The fourth-order valence-electron chi connectivity index (χ4n) is 3.05. The van der Waals surface area contributed by atoms with Gasteiger partial charge in [0.2, 0.25) is 0 Å². The first-order chi connectivity index (χ1) is 14.6. The number of hydrogen-bond donors (Lipinski definition) is 3. The normalized spacial score (nSPS) is 10.8. The van der Waals surface area contributed by atoms with Crippen molar-refractivity contribution in [2.45, 2.75) is 19.4 Å². The zero-order chi connectivity index (χ0) is 21.3. The molecule has 0 aliphatic carbocycles. The van der Waals surface area contributed by atoms with Gasteiger partial charge in [0.15, 0.2) is 5.96 Å². The van der Waals surface area contributed by atoms with E-state index in [1.165, 1.54) is 0 Å². The minimum Gasteiger partial charge on any atom is -0.382 e. The van der Waals surface area contributed by atoms with E-state index in [0.717, 1.165) is 22.7 Å². The molecular weight excluding hydrogens is 525 g/mol. The van der Waals surface area contributed by atoms with E-state index in [9.17, 15) is 5.26 Å². The molecule has 31 heavy (non-hydrogen) atoms. The molecular formula is C22H25ClIN7. The maximum atomic E-state index is 9.50. The summed E-state index contributed by atoms with van der Waals surface area (Å²) in [5, 5.41) is 21.3. The molecule has 0 bridgehead atoms. The number of guanidine groups is 1. The Hall–Kier alpha value is -2.77. The van der Waals surface area contributed by atoms with E-state index < -0.39 is 0 Å². The van der Waals surface area contributed by atoms with Gasteiger partial charge in [-0.15, -0.1) is 24.0 Å². The summed E-state index contributed by atoms with van der Waals surface area (Å²) in [5.74, 6) is 1.05. The molecule has 0 aliphatic rings. The van der Waals surface area contributed by atoms with Crippen LogP contribution in [0.15, 0.2) is 59.6 Å². The summed E-state index contributed by atoms with van der Waals surface area (Å²) in [6.07, 6.45) is 1.40. The highest BCUT2D eigenvalue weighted by Gasteiger charge is 2.16. The van der Waals surface area contributed by atoms with E-state index in [-0.39, 0.29) is 24.0 Å². The Kier molecular flexibility index (Phi) is 9.62. The van der Waals surface area contributed by atoms with Gasteiger partial charge < -0.3 is 16.4 Å². The Morgan fingerprint density at radius 1 is 1.16 bits per heavy atom. The number of para-hydroxylation sites is 1. The lowest BCUT2D eigenvalue weighted by Crippen LogP contribution is -2.37. The van der Waals surface area contributed by atoms with Gasteiger partial charge in [0, 0.05) is 25.2 Å². The van der Waals surface area contributed by atoms with Crippen LogP contribution in [0.2, 0.25) is 5.02 Å². The van der Waals surface area contributed by atoms with Crippen LogP contribution < -0.4 is 16.4 Å². The second-order valence-corrected chi connectivity index (χ2v) is 7.02. The third-order valence-corrected chi connectivity index (χ3v) is 4.99. The molecule has 3 rings (SSSR count). The number of nitrogens with zero attached hydrogens (tertiary/aromatic N) is 4. The molecule has 162 valence electrons. The predicted molar refractivity (Wildman–Crippen MR) is 136 cm³/mol. The van der Waals surface area contributed by atoms with E-state index in [4.69, 9.17) is 17.3 Å². The van der Waals surface area contributed by atoms with Crippen molar-refractivity contribution in [3.8, 4) is 11.8 Å². The summed E-state index contributed by atoms with van der Waals surface area (Å²) >= 11 is 6.19. The molecule has 0 unspecified atom stereocenters. The third kappa shape index (κ3) is 6.35. The number of halogens is 2. The number of nitrogens with one attached hydrogen (secondary N) is 2. The molecule has 0 aliphatic heterocycles. The van der Waals surface area contributed by atoms with Crippen molar-refractivity contribution in [2.75, 3.05) is 19.3 Å². The van der Waals surface area contributed by atoms with Gasteiger partial charge in [0.05, 0.1) is 11.4 Å². The van der Waals surface area contributed by atoms with Crippen LogP contribution >= 0.6 is 35.6 Å². The lowest BCUT2D eigenvalue weighted by Gasteiger charge is -2.12. The number of nitriles is 1. The SMILES string of the molecule is CN=C(NCCCc1nn(-c2ccccc2)c(N)c1C#N)NCc1ccccc1Cl.I. The van der Waals surface area contributed by atoms with Crippen molar-refractivity contribution in [1.29, 1.82) is 5.26 Å². The van der Waals surface area contributed by atoms with Crippen molar-refractivity contribution >= 4 is 47.4 Å². The van der Waals surface area contributed by atoms with Crippen molar-refractivity contribution in [3.63, 3.8) is 0 Å². The summed E-state index contributed by atoms with van der Waals surface area (Å²) in [6, 6.07) is 19.4. The third-order valence-electron chi connectivity index (χ3n) is 4.62. The van der Waals surface area contributed by atoms with Crippen LogP contribution in [0.5, 0.6) is 0 Å². The average molecular weight is 550 g/mol. The quantitative estimate of drug-likeness (QED) is 0.180. The number of hydrogen-bond acceptors (Lipinski definition) is 4. The van der Waals surface area contributed by atoms with Gasteiger partial charge in [0.1, 0.15) is 17.5 Å². The smallest absolute Gasteiger partial charge is 0.191 e. The number of nitrogens with two attached hydrogens (primary N) is 1. The number of aliphatic imine (C=N–C) groups is 1. The molecule has 3 aromatic rings. The monoisotopic (exact) mass is 549 g/mol. The lowest BCUT2D eigenvalue weighted by molar-refractivity contribution is 0.722. The first-order valence-electron chi connectivity index (χ1n) is 9.65. The first kappa shape index (κ1) is 24.5. The van der Waals surface area contributed by atoms with Gasteiger partial charge in [-0.05, 0) is 36.6 Å². The van der Waals surface area contributed by atoms with E-state index >= 15 is 0 Å². The number of anilines is 1. The molecule has 0 radical (unpaired) electrons. The Morgan fingerprint density at radius 3 is 2.55 bits per heavy atom. The maximum absolute atomic E-state index is 9.50.